The maximum absolute atomic E-state index is 5.49. The van der Waals surface area contributed by atoms with E-state index in [0.717, 1.165) is 16.8 Å². The normalized spacial score (nSPS) is 11.0. The Morgan fingerprint density at radius 1 is 0.739 bits per heavy atom. The molecule has 3 heteroatoms. The van der Waals surface area contributed by atoms with Crippen molar-refractivity contribution in [1.82, 2.24) is 0 Å². The molecule has 0 aliphatic rings. The van der Waals surface area contributed by atoms with Gasteiger partial charge in [0.15, 0.2) is 0 Å². The van der Waals surface area contributed by atoms with E-state index >= 15 is 0 Å². The third kappa shape index (κ3) is 3.55. The second-order valence-corrected chi connectivity index (χ2v) is 6.73. The Balaban J connectivity index is 2.53. The average molecular weight is 377 g/mol. The standard InChI is InChI=1S/C20H25BrO2/c1-12-7-16(8-13(2)19(12)22-5)18(11-21)17-9-14(3)20(23-6)15(4)10-17/h7-10,18H,11H2,1-6H3. The minimum Gasteiger partial charge on any atom is -0.496 e. The van der Waals surface area contributed by atoms with Crippen LogP contribution in [0.15, 0.2) is 24.3 Å². The Morgan fingerprint density at radius 3 is 1.26 bits per heavy atom. The fraction of sp³-hybridized carbons (Fsp3) is 0.400. The molecule has 0 saturated heterocycles. The predicted molar refractivity (Wildman–Crippen MR) is 101 cm³/mol. The molecule has 2 rings (SSSR count). The van der Waals surface area contributed by atoms with Crippen molar-refractivity contribution in [3.8, 4) is 11.5 Å². The van der Waals surface area contributed by atoms with Gasteiger partial charge in [-0.1, -0.05) is 40.2 Å². The number of rotatable bonds is 5. The Morgan fingerprint density at radius 2 is 1.04 bits per heavy atom. The van der Waals surface area contributed by atoms with Crippen molar-refractivity contribution in [3.63, 3.8) is 0 Å². The molecule has 0 saturated carbocycles. The summed E-state index contributed by atoms with van der Waals surface area (Å²) in [4.78, 5) is 0. The van der Waals surface area contributed by atoms with Crippen LogP contribution < -0.4 is 9.47 Å². The third-order valence-corrected chi connectivity index (χ3v) is 4.98. The number of ether oxygens (including phenoxy) is 2. The Kier molecular flexibility index (Phi) is 5.74. The molecule has 124 valence electrons. The zero-order valence-electron chi connectivity index (χ0n) is 14.8. The Bertz CT molecular complexity index is 601. The molecule has 0 atom stereocenters. The minimum atomic E-state index is 0.307. The Labute approximate surface area is 148 Å². The van der Waals surface area contributed by atoms with Crippen LogP contribution in [0.4, 0.5) is 0 Å². The SMILES string of the molecule is COc1c(C)cc(C(CBr)c2cc(C)c(OC)c(C)c2)cc1C. The van der Waals surface area contributed by atoms with Crippen molar-refractivity contribution in [2.24, 2.45) is 0 Å². The van der Waals surface area contributed by atoms with Crippen molar-refractivity contribution >= 4 is 15.9 Å². The van der Waals surface area contributed by atoms with E-state index in [2.05, 4.69) is 67.9 Å². The highest BCUT2D eigenvalue weighted by Crippen LogP contribution is 2.35. The van der Waals surface area contributed by atoms with Gasteiger partial charge in [-0.25, -0.2) is 0 Å². The molecule has 0 fully saturated rings. The quantitative estimate of drug-likeness (QED) is 0.644. The lowest BCUT2D eigenvalue weighted by Gasteiger charge is -2.21. The summed E-state index contributed by atoms with van der Waals surface area (Å²) in [7, 11) is 3.46. The van der Waals surface area contributed by atoms with Gasteiger partial charge in [0.05, 0.1) is 14.2 Å². The van der Waals surface area contributed by atoms with Gasteiger partial charge in [-0.15, -0.1) is 0 Å². The average Bonchev–Trinajstić information content (AvgIpc) is 2.47. The molecular formula is C20H25BrO2. The van der Waals surface area contributed by atoms with Crippen molar-refractivity contribution < 1.29 is 9.47 Å². The molecule has 0 heterocycles. The van der Waals surface area contributed by atoms with Crippen molar-refractivity contribution in [2.75, 3.05) is 19.5 Å². The van der Waals surface area contributed by atoms with Crippen LogP contribution in [0.3, 0.4) is 0 Å². The highest BCUT2D eigenvalue weighted by atomic mass is 79.9. The maximum Gasteiger partial charge on any atom is 0.124 e. The van der Waals surface area contributed by atoms with Gasteiger partial charge >= 0.3 is 0 Å². The van der Waals surface area contributed by atoms with Gasteiger partial charge in [0, 0.05) is 11.2 Å². The lowest BCUT2D eigenvalue weighted by atomic mass is 9.88. The van der Waals surface area contributed by atoms with Crippen molar-refractivity contribution in [3.05, 3.63) is 57.6 Å². The molecular weight excluding hydrogens is 352 g/mol. The monoisotopic (exact) mass is 376 g/mol. The van der Waals surface area contributed by atoms with E-state index < -0.39 is 0 Å². The van der Waals surface area contributed by atoms with E-state index in [9.17, 15) is 0 Å². The van der Waals surface area contributed by atoms with Crippen molar-refractivity contribution in [2.45, 2.75) is 33.6 Å². The first-order valence-electron chi connectivity index (χ1n) is 7.79. The first-order valence-corrected chi connectivity index (χ1v) is 8.91. The molecule has 0 radical (unpaired) electrons. The van der Waals surface area contributed by atoms with Crippen LogP contribution in [0.5, 0.6) is 11.5 Å². The third-order valence-electron chi connectivity index (χ3n) is 4.33. The second kappa shape index (κ2) is 7.39. The maximum atomic E-state index is 5.49. The van der Waals surface area contributed by atoms with E-state index in [0.29, 0.717) is 5.92 Å². The number of hydrogen-bond acceptors (Lipinski definition) is 2. The minimum absolute atomic E-state index is 0.307. The van der Waals surface area contributed by atoms with Crippen LogP contribution in [0, 0.1) is 27.7 Å². The highest BCUT2D eigenvalue weighted by Gasteiger charge is 2.18. The molecule has 0 aromatic heterocycles. The number of alkyl halides is 1. The predicted octanol–water partition coefficient (Wildman–Crippen LogP) is 5.46. The lowest BCUT2D eigenvalue weighted by Crippen LogP contribution is -2.06. The number of hydrogen-bond donors (Lipinski definition) is 0. The molecule has 2 aromatic rings. The molecule has 2 nitrogen and oxygen atoms in total. The molecule has 0 unspecified atom stereocenters. The number of benzene rings is 2. The van der Waals surface area contributed by atoms with Crippen LogP contribution in [-0.2, 0) is 0 Å². The molecule has 0 spiro atoms. The summed E-state index contributed by atoms with van der Waals surface area (Å²) in [6, 6.07) is 8.92. The molecule has 23 heavy (non-hydrogen) atoms. The van der Waals surface area contributed by atoms with E-state index in [1.807, 2.05) is 0 Å². The number of halogens is 1. The van der Waals surface area contributed by atoms with E-state index in [4.69, 9.17) is 9.47 Å². The van der Waals surface area contributed by atoms with Crippen LogP contribution >= 0.6 is 15.9 Å². The largest absolute Gasteiger partial charge is 0.496 e. The van der Waals surface area contributed by atoms with Gasteiger partial charge in [0.25, 0.3) is 0 Å². The summed E-state index contributed by atoms with van der Waals surface area (Å²) in [6.45, 7) is 8.41. The molecule has 0 aliphatic heterocycles. The second-order valence-electron chi connectivity index (χ2n) is 6.08. The summed E-state index contributed by atoms with van der Waals surface area (Å²) in [6.07, 6.45) is 0. The summed E-state index contributed by atoms with van der Waals surface area (Å²) in [5, 5.41) is 0.878. The fourth-order valence-corrected chi connectivity index (χ4v) is 4.13. The zero-order valence-corrected chi connectivity index (χ0v) is 16.4. The van der Waals surface area contributed by atoms with Crippen LogP contribution in [0.1, 0.15) is 39.3 Å². The highest BCUT2D eigenvalue weighted by molar-refractivity contribution is 9.09. The van der Waals surface area contributed by atoms with E-state index in [-0.39, 0.29) is 0 Å². The van der Waals surface area contributed by atoms with Crippen LogP contribution in [0.2, 0.25) is 0 Å². The molecule has 0 bridgehead atoms. The van der Waals surface area contributed by atoms with E-state index in [1.54, 1.807) is 14.2 Å². The number of methoxy groups -OCH3 is 2. The smallest absolute Gasteiger partial charge is 0.124 e. The number of aryl methyl sites for hydroxylation is 4. The van der Waals surface area contributed by atoms with Crippen LogP contribution in [0.25, 0.3) is 0 Å². The molecule has 2 aromatic carbocycles. The van der Waals surface area contributed by atoms with Gasteiger partial charge in [0.2, 0.25) is 0 Å². The van der Waals surface area contributed by atoms with Gasteiger partial charge in [-0.3, -0.25) is 0 Å². The van der Waals surface area contributed by atoms with Gasteiger partial charge < -0.3 is 9.47 Å². The summed E-state index contributed by atoms with van der Waals surface area (Å²) in [5.41, 5.74) is 7.32. The topological polar surface area (TPSA) is 18.5 Å². The lowest BCUT2D eigenvalue weighted by molar-refractivity contribution is 0.408. The van der Waals surface area contributed by atoms with Crippen LogP contribution in [-0.4, -0.2) is 19.5 Å². The molecule has 0 N–H and O–H groups in total. The molecule has 0 amide bonds. The summed E-state index contributed by atoms with van der Waals surface area (Å²) < 4.78 is 11.0. The van der Waals surface area contributed by atoms with Gasteiger partial charge in [-0.2, -0.15) is 0 Å². The Hall–Kier alpha value is -1.48. The first-order chi connectivity index (χ1) is 10.9. The zero-order chi connectivity index (χ0) is 17.1. The fourth-order valence-electron chi connectivity index (χ4n) is 3.38. The van der Waals surface area contributed by atoms with Crippen molar-refractivity contribution in [1.29, 1.82) is 0 Å². The van der Waals surface area contributed by atoms with Gasteiger partial charge in [-0.05, 0) is 61.1 Å². The summed E-state index contributed by atoms with van der Waals surface area (Å²) >= 11 is 3.70. The van der Waals surface area contributed by atoms with Gasteiger partial charge in [0.1, 0.15) is 11.5 Å². The molecule has 0 aliphatic carbocycles. The van der Waals surface area contributed by atoms with E-state index in [1.165, 1.54) is 33.4 Å². The summed E-state index contributed by atoms with van der Waals surface area (Å²) in [5.74, 6) is 2.26. The first kappa shape index (κ1) is 17.9.